The minimum absolute atomic E-state index is 0.0939. The fourth-order valence-electron chi connectivity index (χ4n) is 2.83. The number of amides is 2. The van der Waals surface area contributed by atoms with Gasteiger partial charge in [-0.05, 0) is 42.8 Å². The molecule has 0 saturated carbocycles. The van der Waals surface area contributed by atoms with Crippen molar-refractivity contribution in [2.75, 3.05) is 32.6 Å². The van der Waals surface area contributed by atoms with E-state index in [-0.39, 0.29) is 12.5 Å². The lowest BCUT2D eigenvalue weighted by Crippen LogP contribution is -2.45. The van der Waals surface area contributed by atoms with Crippen molar-refractivity contribution >= 4 is 21.8 Å². The molecular formula is C23H24N2O6S. The molecule has 0 aromatic heterocycles. The first-order valence-electron chi connectivity index (χ1n) is 10.0. The summed E-state index contributed by atoms with van der Waals surface area (Å²) in [7, 11) is -2.46. The molecule has 2 aromatic carbocycles. The predicted molar refractivity (Wildman–Crippen MR) is 118 cm³/mol. The lowest BCUT2D eigenvalue weighted by atomic mass is 10.1. The van der Waals surface area contributed by atoms with Crippen molar-refractivity contribution in [1.82, 2.24) is 9.62 Å². The minimum atomic E-state index is -3.95. The maximum Gasteiger partial charge on any atom is 0.290 e. The van der Waals surface area contributed by atoms with Gasteiger partial charge < -0.3 is 14.4 Å². The molecule has 1 fully saturated rings. The molecule has 0 unspecified atom stereocenters. The molecule has 1 aliphatic rings. The number of rotatable bonds is 6. The second kappa shape index (κ2) is 10.9. The van der Waals surface area contributed by atoms with Gasteiger partial charge in [0.2, 0.25) is 16.3 Å². The highest BCUT2D eigenvalue weighted by molar-refractivity contribution is 7.90. The van der Waals surface area contributed by atoms with Crippen LogP contribution in [-0.4, -0.2) is 64.0 Å². The van der Waals surface area contributed by atoms with Gasteiger partial charge in [0.25, 0.3) is 11.8 Å². The Bertz CT molecular complexity index is 1100. The van der Waals surface area contributed by atoms with Crippen molar-refractivity contribution in [2.45, 2.75) is 12.7 Å². The van der Waals surface area contributed by atoms with E-state index in [1.54, 1.807) is 24.3 Å². The normalized spacial score (nSPS) is 14.2. The number of carbonyl (C=O) groups excluding carboxylic acids is 2. The molecule has 1 N–H and O–H groups in total. The second-order valence-corrected chi connectivity index (χ2v) is 8.97. The molecule has 1 heterocycles. The molecule has 0 radical (unpaired) electrons. The number of nitrogens with one attached hydrogen (secondary N) is 1. The van der Waals surface area contributed by atoms with Crippen LogP contribution in [0.15, 0.2) is 54.6 Å². The van der Waals surface area contributed by atoms with E-state index in [9.17, 15) is 18.0 Å². The number of hydrogen-bond acceptors (Lipinski definition) is 6. The zero-order chi connectivity index (χ0) is 23.0. The average Bonchev–Trinajstić information content (AvgIpc) is 2.82. The summed E-state index contributed by atoms with van der Waals surface area (Å²) in [5.41, 5.74) is 2.05. The van der Waals surface area contributed by atoms with E-state index in [4.69, 9.17) is 9.47 Å². The average molecular weight is 457 g/mol. The van der Waals surface area contributed by atoms with E-state index in [2.05, 4.69) is 11.8 Å². The Balaban J connectivity index is 1.52. The summed E-state index contributed by atoms with van der Waals surface area (Å²) in [6.45, 7) is 0.557. The molecule has 168 valence electrons. The smallest absolute Gasteiger partial charge is 0.290 e. The van der Waals surface area contributed by atoms with Gasteiger partial charge in [-0.25, -0.2) is 13.1 Å². The Morgan fingerprint density at radius 2 is 1.59 bits per heavy atom. The maximum absolute atomic E-state index is 12.6. The van der Waals surface area contributed by atoms with Crippen LogP contribution >= 0.6 is 0 Å². The molecule has 1 saturated heterocycles. The van der Waals surface area contributed by atoms with Crippen LogP contribution in [0.25, 0.3) is 0 Å². The predicted octanol–water partition coefficient (Wildman–Crippen LogP) is 1.37. The van der Waals surface area contributed by atoms with Crippen LogP contribution in [0.5, 0.6) is 0 Å². The van der Waals surface area contributed by atoms with Crippen LogP contribution in [0.1, 0.15) is 27.9 Å². The Hall–Kier alpha value is -3.19. The third-order valence-corrected chi connectivity index (χ3v) is 5.83. The first kappa shape index (κ1) is 23.5. The number of carbonyl (C=O) groups is 2. The van der Waals surface area contributed by atoms with E-state index in [1.165, 1.54) is 11.9 Å². The van der Waals surface area contributed by atoms with Crippen LogP contribution < -0.4 is 4.72 Å². The zero-order valence-electron chi connectivity index (χ0n) is 17.6. The molecule has 0 spiro atoms. The zero-order valence-corrected chi connectivity index (χ0v) is 18.4. The van der Waals surface area contributed by atoms with Gasteiger partial charge in [-0.15, -0.1) is 0 Å². The number of ether oxygens (including phenoxy) is 2. The van der Waals surface area contributed by atoms with Crippen molar-refractivity contribution in [3.05, 3.63) is 71.3 Å². The van der Waals surface area contributed by atoms with Crippen LogP contribution in [0.4, 0.5) is 0 Å². The number of sulfonamides is 1. The molecule has 2 aromatic rings. The SMILES string of the molecule is CN(CCS(=O)(=O)NC(=O)C1OCCCO1)C(=O)c1ccc(C#Cc2ccccc2)cc1. The Morgan fingerprint density at radius 1 is 1.00 bits per heavy atom. The van der Waals surface area contributed by atoms with Gasteiger partial charge in [0, 0.05) is 30.3 Å². The third kappa shape index (κ3) is 6.92. The summed E-state index contributed by atoms with van der Waals surface area (Å²) < 4.78 is 36.5. The van der Waals surface area contributed by atoms with Crippen molar-refractivity contribution in [3.8, 4) is 11.8 Å². The van der Waals surface area contributed by atoms with Crippen LogP contribution in [0.3, 0.4) is 0 Å². The van der Waals surface area contributed by atoms with Gasteiger partial charge in [0.05, 0.1) is 19.0 Å². The topological polar surface area (TPSA) is 102 Å². The molecule has 0 atom stereocenters. The highest BCUT2D eigenvalue weighted by Crippen LogP contribution is 2.08. The Labute approximate surface area is 187 Å². The molecular weight excluding hydrogens is 432 g/mol. The fourth-order valence-corrected chi connectivity index (χ4v) is 3.85. The molecule has 2 amide bonds. The minimum Gasteiger partial charge on any atom is -0.344 e. The van der Waals surface area contributed by atoms with Crippen LogP contribution in [0, 0.1) is 11.8 Å². The summed E-state index contributed by atoms with van der Waals surface area (Å²) in [6.07, 6.45) is -0.592. The summed E-state index contributed by atoms with van der Waals surface area (Å²) in [4.78, 5) is 25.8. The van der Waals surface area contributed by atoms with E-state index >= 15 is 0 Å². The van der Waals surface area contributed by atoms with Crippen molar-refractivity contribution in [2.24, 2.45) is 0 Å². The Morgan fingerprint density at radius 3 is 2.22 bits per heavy atom. The summed E-state index contributed by atoms with van der Waals surface area (Å²) >= 11 is 0. The van der Waals surface area contributed by atoms with Gasteiger partial charge >= 0.3 is 0 Å². The molecule has 8 nitrogen and oxygen atoms in total. The van der Waals surface area contributed by atoms with E-state index in [0.29, 0.717) is 25.2 Å². The lowest BCUT2D eigenvalue weighted by Gasteiger charge is -2.22. The van der Waals surface area contributed by atoms with Crippen molar-refractivity contribution in [1.29, 1.82) is 0 Å². The molecule has 0 bridgehead atoms. The standard InChI is InChI=1S/C23H24N2O6S/c1-25(14-17-32(28,29)24-21(26)23-30-15-5-16-31-23)22(27)20-12-10-19(11-13-20)9-8-18-6-3-2-4-7-18/h2-4,6-7,10-13,23H,5,14-17H2,1H3,(H,24,26). The molecule has 32 heavy (non-hydrogen) atoms. The van der Waals surface area contributed by atoms with Crippen molar-refractivity contribution in [3.63, 3.8) is 0 Å². The third-order valence-electron chi connectivity index (χ3n) is 4.60. The highest BCUT2D eigenvalue weighted by Gasteiger charge is 2.27. The molecule has 0 aliphatic carbocycles. The second-order valence-electron chi connectivity index (χ2n) is 7.13. The number of nitrogens with zero attached hydrogens (tertiary/aromatic N) is 1. The van der Waals surface area contributed by atoms with Gasteiger partial charge in [-0.1, -0.05) is 30.0 Å². The van der Waals surface area contributed by atoms with E-state index in [1.807, 2.05) is 35.1 Å². The molecule has 9 heteroatoms. The van der Waals surface area contributed by atoms with E-state index in [0.717, 1.165) is 11.1 Å². The van der Waals surface area contributed by atoms with Crippen LogP contribution in [-0.2, 0) is 24.3 Å². The number of hydrogen-bond donors (Lipinski definition) is 1. The van der Waals surface area contributed by atoms with Crippen LogP contribution in [0.2, 0.25) is 0 Å². The first-order chi connectivity index (χ1) is 15.3. The molecule has 1 aliphatic heterocycles. The summed E-state index contributed by atoms with van der Waals surface area (Å²) in [5, 5.41) is 0. The number of benzene rings is 2. The monoisotopic (exact) mass is 456 g/mol. The fraction of sp³-hybridized carbons (Fsp3) is 0.304. The van der Waals surface area contributed by atoms with Gasteiger partial charge in [0.15, 0.2) is 0 Å². The Kier molecular flexibility index (Phi) is 8.00. The maximum atomic E-state index is 12.6. The molecule has 3 rings (SSSR count). The highest BCUT2D eigenvalue weighted by atomic mass is 32.2. The largest absolute Gasteiger partial charge is 0.344 e. The van der Waals surface area contributed by atoms with Gasteiger partial charge in [-0.3, -0.25) is 9.59 Å². The quantitative estimate of drug-likeness (QED) is 0.659. The lowest BCUT2D eigenvalue weighted by molar-refractivity contribution is -0.188. The van der Waals surface area contributed by atoms with E-state index < -0.39 is 28.0 Å². The summed E-state index contributed by atoms with van der Waals surface area (Å²) in [5.74, 6) is 4.43. The van der Waals surface area contributed by atoms with Gasteiger partial charge in [-0.2, -0.15) is 0 Å². The summed E-state index contributed by atoms with van der Waals surface area (Å²) in [6, 6.07) is 16.3. The first-order valence-corrected chi connectivity index (χ1v) is 11.7. The van der Waals surface area contributed by atoms with Gasteiger partial charge in [0.1, 0.15) is 0 Å². The van der Waals surface area contributed by atoms with Crippen molar-refractivity contribution < 1.29 is 27.5 Å².